The number of benzene rings is 2. The molecule has 2 heterocycles. The van der Waals surface area contributed by atoms with E-state index in [0.29, 0.717) is 32.6 Å². The van der Waals surface area contributed by atoms with Crippen LogP contribution in [0, 0.1) is 6.92 Å². The standard InChI is InChI=1S/C18H15Cl2N3O3/c1-8-6-9-14-13(7-10(16(9)26-8)17(24)25-2)21-18(22-14)23-15-11(19)4-3-5-12(15)20/h3-7,18,21-23H,1-2H3. The lowest BCUT2D eigenvalue weighted by molar-refractivity contribution is 0.0602. The van der Waals surface area contributed by atoms with Gasteiger partial charge in [-0.1, -0.05) is 29.3 Å². The summed E-state index contributed by atoms with van der Waals surface area (Å²) in [6, 6.07) is 8.87. The molecule has 0 amide bonds. The second-order valence-electron chi connectivity index (χ2n) is 5.90. The molecule has 0 bridgehead atoms. The predicted molar refractivity (Wildman–Crippen MR) is 103 cm³/mol. The largest absolute Gasteiger partial charge is 0.465 e. The predicted octanol–water partition coefficient (Wildman–Crippen LogP) is 5.07. The Morgan fingerprint density at radius 3 is 2.65 bits per heavy atom. The molecule has 6 nitrogen and oxygen atoms in total. The molecule has 1 aliphatic rings. The van der Waals surface area contributed by atoms with Gasteiger partial charge in [-0.05, 0) is 31.2 Å². The maximum Gasteiger partial charge on any atom is 0.341 e. The third kappa shape index (κ3) is 2.71. The maximum absolute atomic E-state index is 12.1. The number of hydrogen-bond donors (Lipinski definition) is 3. The number of hydrogen-bond acceptors (Lipinski definition) is 6. The molecular formula is C18H15Cl2N3O3. The molecule has 0 aliphatic carbocycles. The van der Waals surface area contributed by atoms with Gasteiger partial charge in [0.25, 0.3) is 0 Å². The summed E-state index contributed by atoms with van der Waals surface area (Å²) in [5, 5.41) is 11.6. The summed E-state index contributed by atoms with van der Waals surface area (Å²) in [5.74, 6) is 0.241. The van der Waals surface area contributed by atoms with E-state index >= 15 is 0 Å². The van der Waals surface area contributed by atoms with Crippen molar-refractivity contribution >= 4 is 57.2 Å². The first-order valence-electron chi connectivity index (χ1n) is 7.87. The van der Waals surface area contributed by atoms with Crippen molar-refractivity contribution in [3.8, 4) is 0 Å². The summed E-state index contributed by atoms with van der Waals surface area (Å²) >= 11 is 12.4. The van der Waals surface area contributed by atoms with Gasteiger partial charge in [-0.3, -0.25) is 0 Å². The quantitative estimate of drug-likeness (QED) is 0.541. The zero-order chi connectivity index (χ0) is 18.4. The molecule has 4 rings (SSSR count). The lowest BCUT2D eigenvalue weighted by Gasteiger charge is -2.17. The van der Waals surface area contributed by atoms with Gasteiger partial charge in [-0.2, -0.15) is 0 Å². The number of fused-ring (bicyclic) bond motifs is 3. The van der Waals surface area contributed by atoms with Crippen molar-refractivity contribution in [3.63, 3.8) is 0 Å². The van der Waals surface area contributed by atoms with Gasteiger partial charge < -0.3 is 25.1 Å². The summed E-state index contributed by atoms with van der Waals surface area (Å²) in [4.78, 5) is 12.1. The van der Waals surface area contributed by atoms with Crippen LogP contribution in [-0.2, 0) is 4.74 Å². The summed E-state index contributed by atoms with van der Waals surface area (Å²) in [6.07, 6.45) is -0.367. The number of methoxy groups -OCH3 is 1. The van der Waals surface area contributed by atoms with E-state index in [1.54, 1.807) is 24.3 Å². The van der Waals surface area contributed by atoms with E-state index < -0.39 is 5.97 Å². The molecule has 1 unspecified atom stereocenters. The molecule has 1 atom stereocenters. The van der Waals surface area contributed by atoms with E-state index in [-0.39, 0.29) is 6.29 Å². The van der Waals surface area contributed by atoms with Crippen LogP contribution in [0.5, 0.6) is 0 Å². The van der Waals surface area contributed by atoms with E-state index in [2.05, 4.69) is 16.0 Å². The number of esters is 1. The van der Waals surface area contributed by atoms with E-state index in [1.165, 1.54) is 7.11 Å². The van der Waals surface area contributed by atoms with E-state index in [1.807, 2.05) is 13.0 Å². The highest BCUT2D eigenvalue weighted by Crippen LogP contribution is 2.41. The van der Waals surface area contributed by atoms with Gasteiger partial charge in [-0.15, -0.1) is 0 Å². The van der Waals surface area contributed by atoms with Crippen LogP contribution in [0.15, 0.2) is 34.7 Å². The lowest BCUT2D eigenvalue weighted by atomic mass is 10.1. The van der Waals surface area contributed by atoms with Crippen LogP contribution in [0.3, 0.4) is 0 Å². The fourth-order valence-corrected chi connectivity index (χ4v) is 3.55. The number of nitrogens with one attached hydrogen (secondary N) is 3. The number of anilines is 3. The van der Waals surface area contributed by atoms with Crippen molar-refractivity contribution in [1.82, 2.24) is 0 Å². The second kappa shape index (κ2) is 6.30. The van der Waals surface area contributed by atoms with Gasteiger partial charge in [0.05, 0.1) is 34.2 Å². The first kappa shape index (κ1) is 16.9. The SMILES string of the molecule is COC(=O)c1cc2c(c3cc(C)oc13)NC(Nc1c(Cl)cccc1Cl)N2. The molecule has 3 aromatic rings. The minimum Gasteiger partial charge on any atom is -0.465 e. The molecule has 26 heavy (non-hydrogen) atoms. The number of carbonyl (C=O) groups is 1. The highest BCUT2D eigenvalue weighted by Gasteiger charge is 2.28. The van der Waals surface area contributed by atoms with E-state index in [0.717, 1.165) is 16.8 Å². The zero-order valence-electron chi connectivity index (χ0n) is 13.9. The summed E-state index contributed by atoms with van der Waals surface area (Å²) in [6.45, 7) is 1.83. The van der Waals surface area contributed by atoms with E-state index in [4.69, 9.17) is 32.4 Å². The Hall–Kier alpha value is -2.57. The number of aryl methyl sites for hydroxylation is 1. The molecule has 2 aromatic carbocycles. The van der Waals surface area contributed by atoms with Crippen LogP contribution in [0.2, 0.25) is 10.0 Å². The Bertz CT molecular complexity index is 1010. The third-order valence-corrected chi connectivity index (χ3v) is 4.80. The number of halogens is 2. The normalized spacial score (nSPS) is 15.3. The van der Waals surface area contributed by atoms with Gasteiger partial charge in [0.2, 0.25) is 0 Å². The van der Waals surface area contributed by atoms with Gasteiger partial charge in [0.1, 0.15) is 11.3 Å². The minimum absolute atomic E-state index is 0.361. The smallest absolute Gasteiger partial charge is 0.341 e. The number of ether oxygens (including phenoxy) is 1. The Kier molecular flexibility index (Phi) is 4.09. The highest BCUT2D eigenvalue weighted by atomic mass is 35.5. The highest BCUT2D eigenvalue weighted by molar-refractivity contribution is 6.39. The Labute approximate surface area is 159 Å². The molecule has 3 N–H and O–H groups in total. The minimum atomic E-state index is -0.459. The molecule has 0 radical (unpaired) electrons. The van der Waals surface area contributed by atoms with Crippen molar-refractivity contribution < 1.29 is 13.9 Å². The number of carbonyl (C=O) groups excluding carboxylic acids is 1. The Balaban J connectivity index is 1.73. The number of furan rings is 1. The average Bonchev–Trinajstić information content (AvgIpc) is 3.19. The van der Waals surface area contributed by atoms with Gasteiger partial charge in [-0.25, -0.2) is 4.79 Å². The fraction of sp³-hybridized carbons (Fsp3) is 0.167. The van der Waals surface area contributed by atoms with Gasteiger partial charge >= 0.3 is 5.97 Å². The molecule has 1 aromatic heterocycles. The lowest BCUT2D eigenvalue weighted by Crippen LogP contribution is -2.31. The Morgan fingerprint density at radius 2 is 1.96 bits per heavy atom. The molecule has 0 saturated heterocycles. The van der Waals surface area contributed by atoms with Gasteiger partial charge in [0, 0.05) is 5.39 Å². The molecule has 0 fully saturated rings. The fourth-order valence-electron chi connectivity index (χ4n) is 3.05. The molecular weight excluding hydrogens is 377 g/mol. The monoisotopic (exact) mass is 391 g/mol. The molecule has 134 valence electrons. The first-order chi connectivity index (χ1) is 12.5. The van der Waals surface area contributed by atoms with Crippen LogP contribution in [0.1, 0.15) is 16.1 Å². The van der Waals surface area contributed by atoms with Crippen LogP contribution in [0.4, 0.5) is 17.1 Å². The molecule has 0 spiro atoms. The third-order valence-electron chi connectivity index (χ3n) is 4.17. The second-order valence-corrected chi connectivity index (χ2v) is 6.72. The van der Waals surface area contributed by atoms with Crippen LogP contribution < -0.4 is 16.0 Å². The number of rotatable bonds is 3. The topological polar surface area (TPSA) is 75.5 Å². The molecule has 1 aliphatic heterocycles. The van der Waals surface area contributed by atoms with Crippen molar-refractivity contribution in [2.24, 2.45) is 0 Å². The van der Waals surface area contributed by atoms with Crippen LogP contribution in [-0.4, -0.2) is 19.4 Å². The Morgan fingerprint density at radius 1 is 1.23 bits per heavy atom. The van der Waals surface area contributed by atoms with E-state index in [9.17, 15) is 4.79 Å². The molecule has 8 heteroatoms. The summed E-state index contributed by atoms with van der Waals surface area (Å²) in [5.41, 5.74) is 3.03. The summed E-state index contributed by atoms with van der Waals surface area (Å²) in [7, 11) is 1.34. The van der Waals surface area contributed by atoms with Crippen molar-refractivity contribution in [1.29, 1.82) is 0 Å². The van der Waals surface area contributed by atoms with Crippen molar-refractivity contribution in [2.45, 2.75) is 13.2 Å². The zero-order valence-corrected chi connectivity index (χ0v) is 15.5. The number of para-hydroxylation sites is 1. The van der Waals surface area contributed by atoms with Gasteiger partial charge in [0.15, 0.2) is 11.9 Å². The molecule has 0 saturated carbocycles. The first-order valence-corrected chi connectivity index (χ1v) is 8.62. The van der Waals surface area contributed by atoms with Crippen LogP contribution >= 0.6 is 23.2 Å². The van der Waals surface area contributed by atoms with Crippen molar-refractivity contribution in [3.05, 3.63) is 51.7 Å². The average molecular weight is 392 g/mol. The van der Waals surface area contributed by atoms with Crippen LogP contribution in [0.25, 0.3) is 11.0 Å². The maximum atomic E-state index is 12.1. The summed E-state index contributed by atoms with van der Waals surface area (Å²) < 4.78 is 10.6. The van der Waals surface area contributed by atoms with Crippen molar-refractivity contribution in [2.75, 3.05) is 23.1 Å².